The van der Waals surface area contributed by atoms with Crippen LogP contribution in [0, 0.1) is 6.92 Å². The van der Waals surface area contributed by atoms with Crippen molar-refractivity contribution in [3.05, 3.63) is 35.4 Å². The second-order valence-electron chi connectivity index (χ2n) is 6.75. The summed E-state index contributed by atoms with van der Waals surface area (Å²) in [6, 6.07) is 7.85. The molecule has 1 unspecified atom stereocenters. The van der Waals surface area contributed by atoms with Crippen molar-refractivity contribution in [1.29, 1.82) is 0 Å². The van der Waals surface area contributed by atoms with Crippen LogP contribution in [-0.2, 0) is 4.84 Å². The summed E-state index contributed by atoms with van der Waals surface area (Å²) in [7, 11) is 0. The molecule has 1 aromatic rings. The van der Waals surface area contributed by atoms with Crippen LogP contribution in [0.4, 0.5) is 0 Å². The predicted molar refractivity (Wildman–Crippen MR) is 95.4 cm³/mol. The average Bonchev–Trinajstić information content (AvgIpc) is 2.92. The van der Waals surface area contributed by atoms with E-state index in [1.807, 2.05) is 36.1 Å². The molecule has 130 valence electrons. The lowest BCUT2D eigenvalue weighted by molar-refractivity contribution is 0.0530. The molecule has 0 aromatic heterocycles. The lowest BCUT2D eigenvalue weighted by atomic mass is 10.1. The zero-order valence-electron chi connectivity index (χ0n) is 14.7. The van der Waals surface area contributed by atoms with Crippen LogP contribution in [-0.4, -0.2) is 60.2 Å². The largest absolute Gasteiger partial charge is 0.391 e. The molecule has 3 rings (SSSR count). The molecule has 2 heterocycles. The zero-order chi connectivity index (χ0) is 16.9. The van der Waals surface area contributed by atoms with Crippen LogP contribution in [0.5, 0.6) is 0 Å². The maximum absolute atomic E-state index is 12.7. The van der Waals surface area contributed by atoms with Gasteiger partial charge in [-0.25, -0.2) is 0 Å². The monoisotopic (exact) mass is 329 g/mol. The van der Waals surface area contributed by atoms with Gasteiger partial charge in [-0.05, 0) is 31.9 Å². The first-order valence-electron chi connectivity index (χ1n) is 8.95. The number of oxime groups is 1. The lowest BCUT2D eigenvalue weighted by Gasteiger charge is -2.23. The smallest absolute Gasteiger partial charge is 0.253 e. The Hall–Kier alpha value is -1.88. The second kappa shape index (κ2) is 7.79. The molecule has 1 saturated heterocycles. The van der Waals surface area contributed by atoms with Crippen LogP contribution in [0.3, 0.4) is 0 Å². The van der Waals surface area contributed by atoms with E-state index in [0.717, 1.165) is 63.3 Å². The number of carbonyl (C=O) groups excluding carboxylic acids is 1. The highest BCUT2D eigenvalue weighted by atomic mass is 16.6. The van der Waals surface area contributed by atoms with Gasteiger partial charge in [-0.1, -0.05) is 29.8 Å². The van der Waals surface area contributed by atoms with E-state index in [-0.39, 0.29) is 12.0 Å². The molecule has 0 N–H and O–H groups in total. The summed E-state index contributed by atoms with van der Waals surface area (Å²) < 4.78 is 0. The Labute approximate surface area is 144 Å². The summed E-state index contributed by atoms with van der Waals surface area (Å²) in [6.45, 7) is 8.58. The van der Waals surface area contributed by atoms with Gasteiger partial charge < -0.3 is 9.74 Å². The third kappa shape index (κ3) is 4.15. The van der Waals surface area contributed by atoms with E-state index in [4.69, 9.17) is 4.84 Å². The number of hydrogen-bond donors (Lipinski definition) is 0. The quantitative estimate of drug-likeness (QED) is 0.853. The number of rotatable bonds is 4. The van der Waals surface area contributed by atoms with Crippen LogP contribution in [0.25, 0.3) is 0 Å². The molecule has 2 aliphatic heterocycles. The number of nitrogens with zero attached hydrogens (tertiary/aromatic N) is 3. The molecule has 2 aliphatic rings. The highest BCUT2D eigenvalue weighted by Gasteiger charge is 2.25. The highest BCUT2D eigenvalue weighted by Crippen LogP contribution is 2.16. The first-order valence-corrected chi connectivity index (χ1v) is 8.95. The first-order chi connectivity index (χ1) is 11.7. The van der Waals surface area contributed by atoms with Crippen molar-refractivity contribution in [2.75, 3.05) is 32.7 Å². The van der Waals surface area contributed by atoms with Gasteiger partial charge in [0.15, 0.2) is 0 Å². The molecular formula is C19H27N3O2. The fourth-order valence-corrected chi connectivity index (χ4v) is 3.32. The van der Waals surface area contributed by atoms with Gasteiger partial charge >= 0.3 is 0 Å². The standard InChI is InChI=1S/C19H27N3O2/c1-3-17-13-18(24-20-17)14-21-9-4-10-22(12-11-21)19(23)16-7-5-15(2)6-8-16/h5-8,18H,3-4,9-14H2,1-2H3. The fraction of sp³-hybridized carbons (Fsp3) is 0.579. The normalized spacial score (nSPS) is 22.0. The Morgan fingerprint density at radius 3 is 2.71 bits per heavy atom. The first kappa shape index (κ1) is 17.0. The summed E-state index contributed by atoms with van der Waals surface area (Å²) in [5.74, 6) is 0.144. The van der Waals surface area contributed by atoms with E-state index in [0.29, 0.717) is 0 Å². The Morgan fingerprint density at radius 1 is 1.21 bits per heavy atom. The van der Waals surface area contributed by atoms with E-state index < -0.39 is 0 Å². The summed E-state index contributed by atoms with van der Waals surface area (Å²) in [5, 5.41) is 4.14. The van der Waals surface area contributed by atoms with Crippen LogP contribution < -0.4 is 0 Å². The van der Waals surface area contributed by atoms with Gasteiger partial charge in [0, 0.05) is 44.7 Å². The molecule has 5 nitrogen and oxygen atoms in total. The fourth-order valence-electron chi connectivity index (χ4n) is 3.32. The highest BCUT2D eigenvalue weighted by molar-refractivity contribution is 5.94. The molecule has 5 heteroatoms. The van der Waals surface area contributed by atoms with Gasteiger partial charge in [0.05, 0.1) is 5.71 Å². The van der Waals surface area contributed by atoms with Gasteiger partial charge in [-0.2, -0.15) is 0 Å². The number of carbonyl (C=O) groups is 1. The van der Waals surface area contributed by atoms with Crippen LogP contribution >= 0.6 is 0 Å². The molecule has 1 aromatic carbocycles. The summed E-state index contributed by atoms with van der Waals surface area (Å²) in [6.07, 6.45) is 3.10. The number of amides is 1. The minimum Gasteiger partial charge on any atom is -0.391 e. The van der Waals surface area contributed by atoms with E-state index >= 15 is 0 Å². The maximum atomic E-state index is 12.7. The molecule has 1 amide bonds. The third-order valence-electron chi connectivity index (χ3n) is 4.84. The summed E-state index contributed by atoms with van der Waals surface area (Å²) in [4.78, 5) is 22.6. The molecule has 0 bridgehead atoms. The molecule has 0 radical (unpaired) electrons. The van der Waals surface area contributed by atoms with Crippen LogP contribution in [0.15, 0.2) is 29.4 Å². The van der Waals surface area contributed by atoms with Crippen LogP contribution in [0.2, 0.25) is 0 Å². The topological polar surface area (TPSA) is 45.1 Å². The van der Waals surface area contributed by atoms with Gasteiger partial charge in [0.25, 0.3) is 5.91 Å². The Kier molecular flexibility index (Phi) is 5.51. The van der Waals surface area contributed by atoms with Crippen molar-refractivity contribution < 1.29 is 9.63 Å². The summed E-state index contributed by atoms with van der Waals surface area (Å²) in [5.41, 5.74) is 3.12. The van der Waals surface area contributed by atoms with Crippen molar-refractivity contribution in [2.24, 2.45) is 5.16 Å². The molecule has 1 fully saturated rings. The molecule has 0 saturated carbocycles. The molecule has 0 aliphatic carbocycles. The zero-order valence-corrected chi connectivity index (χ0v) is 14.7. The maximum Gasteiger partial charge on any atom is 0.253 e. The van der Waals surface area contributed by atoms with Crippen LogP contribution in [0.1, 0.15) is 42.1 Å². The lowest BCUT2D eigenvalue weighted by Crippen LogP contribution is -2.37. The molecule has 0 spiro atoms. The van der Waals surface area contributed by atoms with E-state index in [1.165, 1.54) is 5.56 Å². The van der Waals surface area contributed by atoms with Gasteiger partial charge in [-0.3, -0.25) is 9.69 Å². The van der Waals surface area contributed by atoms with E-state index in [1.54, 1.807) is 0 Å². The van der Waals surface area contributed by atoms with Crippen molar-refractivity contribution in [3.63, 3.8) is 0 Å². The van der Waals surface area contributed by atoms with E-state index in [2.05, 4.69) is 17.0 Å². The van der Waals surface area contributed by atoms with Gasteiger partial charge in [0.2, 0.25) is 0 Å². The Bertz CT molecular complexity index is 597. The van der Waals surface area contributed by atoms with Crippen molar-refractivity contribution in [3.8, 4) is 0 Å². The van der Waals surface area contributed by atoms with Crippen molar-refractivity contribution in [2.45, 2.75) is 39.2 Å². The summed E-state index contributed by atoms with van der Waals surface area (Å²) >= 11 is 0. The number of benzene rings is 1. The minimum absolute atomic E-state index is 0.144. The van der Waals surface area contributed by atoms with Gasteiger partial charge in [0.1, 0.15) is 6.10 Å². The van der Waals surface area contributed by atoms with Crippen molar-refractivity contribution in [1.82, 2.24) is 9.80 Å². The van der Waals surface area contributed by atoms with E-state index in [9.17, 15) is 4.79 Å². The third-order valence-corrected chi connectivity index (χ3v) is 4.84. The molecular weight excluding hydrogens is 302 g/mol. The molecule has 1 atom stereocenters. The predicted octanol–water partition coefficient (Wildman–Crippen LogP) is 2.70. The minimum atomic E-state index is 0.144. The number of hydrogen-bond acceptors (Lipinski definition) is 4. The second-order valence-corrected chi connectivity index (χ2v) is 6.75. The number of aryl methyl sites for hydroxylation is 1. The van der Waals surface area contributed by atoms with Gasteiger partial charge in [-0.15, -0.1) is 0 Å². The SMILES string of the molecule is CCC1=NOC(CN2CCCN(C(=O)c3ccc(C)cc3)CC2)C1. The Morgan fingerprint density at radius 2 is 2.00 bits per heavy atom. The average molecular weight is 329 g/mol. The molecule has 24 heavy (non-hydrogen) atoms. The van der Waals surface area contributed by atoms with Crippen molar-refractivity contribution >= 4 is 11.6 Å². The Balaban J connectivity index is 1.51.